The number of carbonyl (C=O) groups excluding carboxylic acids is 1. The van der Waals surface area contributed by atoms with Crippen LogP contribution in [0.5, 0.6) is 0 Å². The molecular formula is C16H18FN5O2. The first-order valence-electron chi connectivity index (χ1n) is 8.00. The van der Waals surface area contributed by atoms with Gasteiger partial charge in [0, 0.05) is 24.3 Å². The molecule has 2 aromatic rings. The summed E-state index contributed by atoms with van der Waals surface area (Å²) in [6.07, 6.45) is 0.327. The summed E-state index contributed by atoms with van der Waals surface area (Å²) in [5.74, 6) is 0.909. The highest BCUT2D eigenvalue weighted by atomic mass is 19.1. The Labute approximate surface area is 138 Å². The third kappa shape index (κ3) is 2.77. The van der Waals surface area contributed by atoms with Crippen LogP contribution in [0, 0.1) is 24.6 Å². The number of aromatic nitrogens is 4. The molecule has 0 bridgehead atoms. The second-order valence-corrected chi connectivity index (χ2v) is 6.42. The Morgan fingerprint density at radius 1 is 1.46 bits per heavy atom. The molecule has 1 aromatic carbocycles. The maximum atomic E-state index is 13.5. The fourth-order valence-corrected chi connectivity index (χ4v) is 3.42. The maximum Gasteiger partial charge on any atom is 0.245 e. The first-order valence-corrected chi connectivity index (χ1v) is 8.00. The molecule has 0 radical (unpaired) electrons. The van der Waals surface area contributed by atoms with Gasteiger partial charge in [-0.3, -0.25) is 4.79 Å². The van der Waals surface area contributed by atoms with Crippen molar-refractivity contribution >= 4 is 5.91 Å². The molecule has 1 saturated heterocycles. The molecule has 1 aromatic heterocycles. The lowest BCUT2D eigenvalue weighted by Gasteiger charge is -2.18. The molecule has 1 N–H and O–H groups in total. The molecule has 4 rings (SSSR count). The van der Waals surface area contributed by atoms with Gasteiger partial charge in [0.1, 0.15) is 17.7 Å². The third-order valence-electron chi connectivity index (χ3n) is 4.83. The summed E-state index contributed by atoms with van der Waals surface area (Å²) in [5, 5.41) is 14.5. The van der Waals surface area contributed by atoms with Crippen LogP contribution in [0.4, 0.5) is 4.39 Å². The van der Waals surface area contributed by atoms with E-state index in [0.29, 0.717) is 37.3 Å². The van der Waals surface area contributed by atoms with Crippen LogP contribution in [-0.4, -0.2) is 45.4 Å². The molecule has 2 aliphatic rings. The molecule has 126 valence electrons. The van der Waals surface area contributed by atoms with Gasteiger partial charge in [0.15, 0.2) is 0 Å². The molecule has 1 amide bonds. The molecule has 24 heavy (non-hydrogen) atoms. The van der Waals surface area contributed by atoms with E-state index in [-0.39, 0.29) is 17.8 Å². The molecule has 1 aliphatic carbocycles. The summed E-state index contributed by atoms with van der Waals surface area (Å²) in [6, 6.07) is 5.80. The number of nitrogens with one attached hydrogen (secondary N) is 1. The largest absolute Gasteiger partial charge is 0.381 e. The number of amides is 1. The quantitative estimate of drug-likeness (QED) is 0.871. The number of hydrogen-bond acceptors (Lipinski definition) is 5. The number of halogens is 1. The van der Waals surface area contributed by atoms with Crippen molar-refractivity contribution in [1.82, 2.24) is 25.5 Å². The lowest BCUT2D eigenvalue weighted by atomic mass is 10.0. The van der Waals surface area contributed by atoms with Crippen LogP contribution >= 0.6 is 0 Å². The molecule has 2 heterocycles. The molecule has 8 heteroatoms. The van der Waals surface area contributed by atoms with Crippen molar-refractivity contribution in [2.24, 2.45) is 11.8 Å². The predicted octanol–water partition coefficient (Wildman–Crippen LogP) is 0.665. The van der Waals surface area contributed by atoms with Crippen LogP contribution < -0.4 is 5.32 Å². The first-order chi connectivity index (χ1) is 11.6. The van der Waals surface area contributed by atoms with E-state index in [4.69, 9.17) is 4.74 Å². The van der Waals surface area contributed by atoms with Gasteiger partial charge in [-0.1, -0.05) is 12.1 Å². The van der Waals surface area contributed by atoms with Gasteiger partial charge >= 0.3 is 0 Å². The van der Waals surface area contributed by atoms with Crippen LogP contribution in [0.3, 0.4) is 0 Å². The molecule has 0 spiro atoms. The fourth-order valence-electron chi connectivity index (χ4n) is 3.42. The zero-order valence-electron chi connectivity index (χ0n) is 13.2. The molecule has 4 atom stereocenters. The number of nitrogens with zero attached hydrogens (tertiary/aromatic N) is 4. The van der Waals surface area contributed by atoms with Gasteiger partial charge in [-0.05, 0) is 35.0 Å². The number of hydrogen-bond donors (Lipinski definition) is 1. The average molecular weight is 331 g/mol. The highest BCUT2D eigenvalue weighted by Crippen LogP contribution is 2.44. The van der Waals surface area contributed by atoms with Gasteiger partial charge in [-0.15, -0.1) is 5.10 Å². The number of tetrazole rings is 1. The Morgan fingerprint density at radius 2 is 2.25 bits per heavy atom. The van der Waals surface area contributed by atoms with Crippen molar-refractivity contribution in [1.29, 1.82) is 0 Å². The van der Waals surface area contributed by atoms with E-state index >= 15 is 0 Å². The summed E-state index contributed by atoms with van der Waals surface area (Å²) in [5.41, 5.74) is 0.726. The highest BCUT2D eigenvalue weighted by Gasteiger charge is 2.55. The van der Waals surface area contributed by atoms with E-state index in [9.17, 15) is 9.18 Å². The predicted molar refractivity (Wildman–Crippen MR) is 81.4 cm³/mol. The van der Waals surface area contributed by atoms with E-state index in [1.54, 1.807) is 19.1 Å². The van der Waals surface area contributed by atoms with Crippen LogP contribution in [0.1, 0.15) is 17.4 Å². The SMILES string of the molecule is Cc1nnnn1C(Cc1cccc(F)c1)C(=O)NC1[C@H]2COC[C@@H]12. The molecular weight excluding hydrogens is 313 g/mol. The van der Waals surface area contributed by atoms with Crippen molar-refractivity contribution < 1.29 is 13.9 Å². The minimum atomic E-state index is -0.607. The number of benzene rings is 1. The second-order valence-electron chi connectivity index (χ2n) is 6.42. The smallest absolute Gasteiger partial charge is 0.245 e. The summed E-state index contributed by atoms with van der Waals surface area (Å²) in [4.78, 5) is 12.8. The summed E-state index contributed by atoms with van der Waals surface area (Å²) < 4.78 is 20.3. The van der Waals surface area contributed by atoms with Crippen LogP contribution in [0.2, 0.25) is 0 Å². The number of carbonyl (C=O) groups is 1. The van der Waals surface area contributed by atoms with Gasteiger partial charge in [-0.25, -0.2) is 9.07 Å². The normalized spacial score (nSPS) is 26.0. The van der Waals surface area contributed by atoms with E-state index in [1.165, 1.54) is 16.8 Å². The number of aryl methyl sites for hydroxylation is 1. The van der Waals surface area contributed by atoms with E-state index in [2.05, 4.69) is 20.8 Å². The Morgan fingerprint density at radius 3 is 2.92 bits per heavy atom. The Kier molecular flexibility index (Phi) is 3.76. The van der Waals surface area contributed by atoms with Gasteiger partial charge in [0.2, 0.25) is 5.91 Å². The maximum absolute atomic E-state index is 13.5. The second kappa shape index (κ2) is 5.94. The molecule has 7 nitrogen and oxygen atoms in total. The first kappa shape index (κ1) is 15.2. The zero-order chi connectivity index (χ0) is 16.7. The van der Waals surface area contributed by atoms with Crippen molar-refractivity contribution in [2.75, 3.05) is 13.2 Å². The Hall–Kier alpha value is -2.35. The van der Waals surface area contributed by atoms with Crippen molar-refractivity contribution in [3.63, 3.8) is 0 Å². The number of fused-ring (bicyclic) bond motifs is 1. The van der Waals surface area contributed by atoms with E-state index in [0.717, 1.165) is 5.56 Å². The Bertz CT molecular complexity index is 754. The van der Waals surface area contributed by atoms with Crippen LogP contribution in [0.25, 0.3) is 0 Å². The summed E-state index contributed by atoms with van der Waals surface area (Å²) >= 11 is 0. The van der Waals surface area contributed by atoms with Crippen molar-refractivity contribution in [3.05, 3.63) is 41.5 Å². The topological polar surface area (TPSA) is 81.9 Å². The monoisotopic (exact) mass is 331 g/mol. The van der Waals surface area contributed by atoms with E-state index < -0.39 is 6.04 Å². The number of rotatable bonds is 5. The molecule has 1 saturated carbocycles. The number of ether oxygens (including phenoxy) is 1. The average Bonchev–Trinajstić information content (AvgIpc) is 2.95. The molecule has 2 fully saturated rings. The van der Waals surface area contributed by atoms with Gasteiger partial charge < -0.3 is 10.1 Å². The standard InChI is InChI=1S/C16H18FN5O2/c1-9-19-20-21-22(9)14(6-10-3-2-4-11(17)5-10)16(23)18-15-12-7-24-8-13(12)15/h2-5,12-15H,6-8H2,1H3,(H,18,23)/t12-,13+,14?,15?. The summed E-state index contributed by atoms with van der Waals surface area (Å²) in [6.45, 7) is 3.15. The van der Waals surface area contributed by atoms with Gasteiger partial charge in [0.05, 0.1) is 13.2 Å². The van der Waals surface area contributed by atoms with E-state index in [1.807, 2.05) is 0 Å². The fraction of sp³-hybridized carbons (Fsp3) is 0.500. The zero-order valence-corrected chi connectivity index (χ0v) is 13.2. The highest BCUT2D eigenvalue weighted by molar-refractivity contribution is 5.81. The lowest BCUT2D eigenvalue weighted by Crippen LogP contribution is -2.38. The molecule has 2 unspecified atom stereocenters. The third-order valence-corrected chi connectivity index (χ3v) is 4.83. The van der Waals surface area contributed by atoms with Crippen LogP contribution in [0.15, 0.2) is 24.3 Å². The van der Waals surface area contributed by atoms with Crippen molar-refractivity contribution in [3.8, 4) is 0 Å². The summed E-state index contributed by atoms with van der Waals surface area (Å²) in [7, 11) is 0. The van der Waals surface area contributed by atoms with Gasteiger partial charge in [0.25, 0.3) is 0 Å². The van der Waals surface area contributed by atoms with Gasteiger partial charge in [-0.2, -0.15) is 0 Å². The van der Waals surface area contributed by atoms with Crippen LogP contribution in [-0.2, 0) is 16.0 Å². The van der Waals surface area contributed by atoms with Crippen molar-refractivity contribution in [2.45, 2.75) is 25.4 Å². The minimum absolute atomic E-state index is 0.144. The molecule has 1 aliphatic heterocycles. The Balaban J connectivity index is 1.54. The lowest BCUT2D eigenvalue weighted by molar-refractivity contribution is -0.125. The minimum Gasteiger partial charge on any atom is -0.381 e.